The van der Waals surface area contributed by atoms with E-state index in [0.717, 1.165) is 60.8 Å². The monoisotopic (exact) mass is 1250 g/mol. The average molecular weight is 1250 g/mol. The molecule has 15 aromatic carbocycles. The van der Waals surface area contributed by atoms with Gasteiger partial charge in [0, 0.05) is 77.0 Å². The van der Waals surface area contributed by atoms with Crippen LogP contribution in [0.4, 0.5) is 0 Å². The molecule has 98 heavy (non-hydrogen) atoms. The molecule has 0 saturated carbocycles. The zero-order valence-corrected chi connectivity index (χ0v) is 52.9. The van der Waals surface area contributed by atoms with E-state index in [4.69, 9.17) is 19.9 Å². The van der Waals surface area contributed by atoms with Crippen LogP contribution in [0.25, 0.3) is 187 Å². The summed E-state index contributed by atoms with van der Waals surface area (Å²) in [4.78, 5) is 20.3. The molecular formula is C90H56N8. The van der Waals surface area contributed by atoms with Gasteiger partial charge < -0.3 is 9.13 Å². The Morgan fingerprint density at radius 1 is 0.204 bits per heavy atom. The van der Waals surface area contributed by atoms with Crippen LogP contribution >= 0.6 is 0 Å². The molecule has 8 heteroatoms. The van der Waals surface area contributed by atoms with Crippen molar-refractivity contribution in [3.05, 3.63) is 340 Å². The van der Waals surface area contributed by atoms with E-state index in [2.05, 4.69) is 322 Å². The summed E-state index contributed by atoms with van der Waals surface area (Å²) in [6, 6.07) is 119. The van der Waals surface area contributed by atoms with Crippen LogP contribution in [0.3, 0.4) is 0 Å². The topological polar surface area (TPSA) is 71.3 Å². The summed E-state index contributed by atoms with van der Waals surface area (Å²) in [5.41, 5.74) is 20.1. The summed E-state index contributed by atoms with van der Waals surface area (Å²) >= 11 is 0. The molecule has 0 saturated heterocycles. The van der Waals surface area contributed by atoms with Gasteiger partial charge in [0.25, 0.3) is 0 Å². The molecule has 6 heterocycles. The first-order valence-corrected chi connectivity index (χ1v) is 33.3. The zero-order chi connectivity index (χ0) is 64.4. The predicted octanol–water partition coefficient (Wildman–Crippen LogP) is 23.0. The number of aromatic nitrogens is 8. The van der Waals surface area contributed by atoms with Crippen LogP contribution in [-0.4, -0.2) is 38.2 Å². The van der Waals surface area contributed by atoms with Gasteiger partial charge in [-0.3, -0.25) is 9.13 Å². The third-order valence-corrected chi connectivity index (χ3v) is 19.9. The van der Waals surface area contributed by atoms with E-state index in [9.17, 15) is 0 Å². The van der Waals surface area contributed by atoms with Crippen LogP contribution in [0.5, 0.6) is 0 Å². The minimum Gasteiger partial charge on any atom is -0.309 e. The highest BCUT2D eigenvalue weighted by molar-refractivity contribution is 6.24. The van der Waals surface area contributed by atoms with Crippen molar-refractivity contribution in [3.8, 4) is 56.8 Å². The van der Waals surface area contributed by atoms with E-state index < -0.39 is 0 Å². The summed E-state index contributed by atoms with van der Waals surface area (Å²) in [5.74, 6) is 1.35. The molecule has 456 valence electrons. The van der Waals surface area contributed by atoms with Crippen LogP contribution in [0.2, 0.25) is 0 Å². The normalized spacial score (nSPS) is 11.9. The SMILES string of the molecule is c1ccc(-c2nc(-n3c4ccccc4c4c5cc(-c6ccc7c(c6)c6ccccc6n7-c6ccccc6)ccc5ccc43)nc3ccccc23)cc1.c1ccc(-n2c3ccccc3c3cc(-c4ccc5ccc6c(c5c4)c4ccccc4n6-c4ncc5ccccc5n4)ccc32)cc1. The number of nitrogens with zero attached hydrogens (tertiary/aromatic N) is 8. The summed E-state index contributed by atoms with van der Waals surface area (Å²) in [7, 11) is 0. The van der Waals surface area contributed by atoms with Gasteiger partial charge in [0.15, 0.2) is 0 Å². The van der Waals surface area contributed by atoms with Crippen molar-refractivity contribution in [2.45, 2.75) is 0 Å². The minimum atomic E-state index is 0.666. The Kier molecular flexibility index (Phi) is 12.5. The maximum atomic E-state index is 5.29. The quantitative estimate of drug-likeness (QED) is 0.159. The maximum Gasteiger partial charge on any atom is 0.235 e. The molecule has 0 aliphatic rings. The van der Waals surface area contributed by atoms with Crippen LogP contribution in [-0.2, 0) is 0 Å². The molecule has 6 aromatic heterocycles. The molecule has 0 spiro atoms. The summed E-state index contributed by atoms with van der Waals surface area (Å²) in [5, 5.41) is 16.7. The van der Waals surface area contributed by atoms with Gasteiger partial charge >= 0.3 is 0 Å². The van der Waals surface area contributed by atoms with Gasteiger partial charge in [0.2, 0.25) is 11.9 Å². The lowest BCUT2D eigenvalue weighted by Gasteiger charge is -2.12. The molecule has 21 rings (SSSR count). The van der Waals surface area contributed by atoms with E-state index in [0.29, 0.717) is 11.9 Å². The highest BCUT2D eigenvalue weighted by Gasteiger charge is 2.22. The Morgan fingerprint density at radius 2 is 0.571 bits per heavy atom. The van der Waals surface area contributed by atoms with Crippen molar-refractivity contribution in [1.29, 1.82) is 0 Å². The Morgan fingerprint density at radius 3 is 1.10 bits per heavy atom. The van der Waals surface area contributed by atoms with Gasteiger partial charge in [-0.05, 0) is 153 Å². The summed E-state index contributed by atoms with van der Waals surface area (Å²) in [6.45, 7) is 0. The summed E-state index contributed by atoms with van der Waals surface area (Å²) in [6.07, 6.45) is 1.92. The van der Waals surface area contributed by atoms with E-state index in [1.54, 1.807) is 0 Å². The van der Waals surface area contributed by atoms with Crippen LogP contribution in [0, 0.1) is 0 Å². The van der Waals surface area contributed by atoms with Gasteiger partial charge in [0.1, 0.15) is 0 Å². The van der Waals surface area contributed by atoms with E-state index >= 15 is 0 Å². The lowest BCUT2D eigenvalue weighted by Crippen LogP contribution is -2.03. The standard InChI is InChI=1S/C48H30N4.C42H26N4/c1-3-13-32(14-4-1)47-37-18-7-10-20-41(37)49-48(50-47)52-43-22-12-9-19-38(43)46-39-29-33(24-23-31(39)25-28-45(46)52)34-26-27-44-40(30-34)36-17-8-11-21-42(36)51(44)35-15-5-2-6-16-35;1-2-11-31(12-3-1)45-37-16-8-5-13-32(37)35-25-29(21-22-39(35)45)28-19-18-27-20-23-40-41(34(27)24-28)33-14-6-9-17-38(33)46(40)42-43-26-30-10-4-7-15-36(30)44-42/h1-30H;1-26H. The molecular weight excluding hydrogens is 1190 g/mol. The first kappa shape index (κ1) is 55.2. The van der Waals surface area contributed by atoms with Gasteiger partial charge in [-0.25, -0.2) is 19.9 Å². The number of benzene rings is 15. The second kappa shape index (κ2) is 22.2. The second-order valence-corrected chi connectivity index (χ2v) is 25.3. The summed E-state index contributed by atoms with van der Waals surface area (Å²) < 4.78 is 9.17. The first-order valence-electron chi connectivity index (χ1n) is 33.3. The predicted molar refractivity (Wildman–Crippen MR) is 408 cm³/mol. The Bertz CT molecular complexity index is 6800. The van der Waals surface area contributed by atoms with Gasteiger partial charge in [-0.2, -0.15) is 0 Å². The third kappa shape index (κ3) is 8.71. The van der Waals surface area contributed by atoms with Crippen molar-refractivity contribution < 1.29 is 0 Å². The largest absolute Gasteiger partial charge is 0.309 e. The average Bonchev–Trinajstić information content (AvgIpc) is 1.57. The Hall–Kier alpha value is -13.3. The molecule has 0 bridgehead atoms. The molecule has 0 aliphatic heterocycles. The molecule has 0 atom stereocenters. The number of para-hydroxylation sites is 8. The fraction of sp³-hybridized carbons (Fsp3) is 0. The minimum absolute atomic E-state index is 0.666. The van der Waals surface area contributed by atoms with Crippen LogP contribution in [0.1, 0.15) is 0 Å². The molecule has 0 N–H and O–H groups in total. The Balaban J connectivity index is 0.000000134. The van der Waals surface area contributed by atoms with Crippen molar-refractivity contribution >= 4 is 131 Å². The molecule has 21 aromatic rings. The van der Waals surface area contributed by atoms with Gasteiger partial charge in [-0.15, -0.1) is 0 Å². The molecule has 8 nitrogen and oxygen atoms in total. The van der Waals surface area contributed by atoms with Crippen LogP contribution < -0.4 is 0 Å². The molecule has 0 aliphatic carbocycles. The van der Waals surface area contributed by atoms with Crippen molar-refractivity contribution in [2.75, 3.05) is 0 Å². The van der Waals surface area contributed by atoms with Crippen molar-refractivity contribution in [1.82, 2.24) is 38.2 Å². The van der Waals surface area contributed by atoms with Gasteiger partial charge in [0.05, 0.1) is 60.9 Å². The first-order chi connectivity index (χ1) is 48.6. The van der Waals surface area contributed by atoms with Crippen molar-refractivity contribution in [3.63, 3.8) is 0 Å². The highest BCUT2D eigenvalue weighted by atomic mass is 15.2. The fourth-order valence-corrected chi connectivity index (χ4v) is 15.4. The fourth-order valence-electron chi connectivity index (χ4n) is 15.4. The molecule has 0 radical (unpaired) electrons. The molecule has 0 unspecified atom stereocenters. The lowest BCUT2D eigenvalue weighted by atomic mass is 9.97. The number of fused-ring (bicyclic) bond motifs is 18. The zero-order valence-electron chi connectivity index (χ0n) is 52.9. The lowest BCUT2D eigenvalue weighted by molar-refractivity contribution is 1.01. The van der Waals surface area contributed by atoms with Crippen molar-refractivity contribution in [2.24, 2.45) is 0 Å². The molecule has 0 amide bonds. The van der Waals surface area contributed by atoms with E-state index in [1.807, 2.05) is 36.5 Å². The van der Waals surface area contributed by atoms with E-state index in [1.165, 1.54) is 115 Å². The molecule has 0 fully saturated rings. The number of hydrogen-bond acceptors (Lipinski definition) is 4. The number of hydrogen-bond donors (Lipinski definition) is 0. The smallest absolute Gasteiger partial charge is 0.235 e. The second-order valence-electron chi connectivity index (χ2n) is 25.3. The van der Waals surface area contributed by atoms with Crippen LogP contribution in [0.15, 0.2) is 340 Å². The van der Waals surface area contributed by atoms with E-state index in [-0.39, 0.29) is 0 Å². The third-order valence-electron chi connectivity index (χ3n) is 19.9. The Labute approximate surface area is 562 Å². The van der Waals surface area contributed by atoms with Gasteiger partial charge in [-0.1, -0.05) is 224 Å². The highest BCUT2D eigenvalue weighted by Crippen LogP contribution is 2.43. The maximum absolute atomic E-state index is 5.29. The number of rotatable bonds is 7.